The summed E-state index contributed by atoms with van der Waals surface area (Å²) in [5, 5.41) is 11.6. The molecule has 0 aliphatic heterocycles. The Morgan fingerprint density at radius 1 is 1.71 bits per heavy atom. The largest absolute Gasteiger partial charge is 0.478 e. The van der Waals surface area contributed by atoms with E-state index in [4.69, 9.17) is 5.11 Å². The van der Waals surface area contributed by atoms with Gasteiger partial charge in [-0.3, -0.25) is 0 Å². The second kappa shape index (κ2) is 6.44. The van der Waals surface area contributed by atoms with E-state index < -0.39 is 11.8 Å². The second-order valence-electron chi connectivity index (χ2n) is 3.65. The molecule has 0 spiro atoms. The van der Waals surface area contributed by atoms with Crippen LogP contribution >= 0.6 is 11.8 Å². The van der Waals surface area contributed by atoms with E-state index in [1.54, 1.807) is 11.8 Å². The maximum atomic E-state index is 13.7. The number of aromatic carboxylic acids is 1. The Balaban J connectivity index is 2.77. The van der Waals surface area contributed by atoms with Crippen molar-refractivity contribution in [3.63, 3.8) is 0 Å². The SMILES string of the molecule is CSCCC(C)Nc1nccc(C(=O)O)c1F. The van der Waals surface area contributed by atoms with Gasteiger partial charge in [0.1, 0.15) is 5.56 Å². The molecule has 0 amide bonds. The average molecular weight is 258 g/mol. The topological polar surface area (TPSA) is 62.2 Å². The molecule has 4 nitrogen and oxygen atoms in total. The van der Waals surface area contributed by atoms with E-state index >= 15 is 0 Å². The number of pyridine rings is 1. The van der Waals surface area contributed by atoms with Gasteiger partial charge >= 0.3 is 5.97 Å². The van der Waals surface area contributed by atoms with Gasteiger partial charge in [0.15, 0.2) is 11.6 Å². The fraction of sp³-hybridized carbons (Fsp3) is 0.455. The molecule has 1 atom stereocenters. The number of halogens is 1. The second-order valence-corrected chi connectivity index (χ2v) is 4.64. The Bertz CT molecular complexity index is 401. The Labute approximate surface area is 104 Å². The zero-order valence-electron chi connectivity index (χ0n) is 9.74. The van der Waals surface area contributed by atoms with Crippen molar-refractivity contribution in [3.05, 3.63) is 23.6 Å². The number of carbonyl (C=O) groups is 1. The lowest BCUT2D eigenvalue weighted by atomic mass is 10.2. The lowest BCUT2D eigenvalue weighted by Gasteiger charge is -2.14. The molecular formula is C11H15FN2O2S. The van der Waals surface area contributed by atoms with Crippen molar-refractivity contribution in [2.24, 2.45) is 0 Å². The summed E-state index contributed by atoms with van der Waals surface area (Å²) in [6.07, 6.45) is 4.15. The number of aromatic nitrogens is 1. The van der Waals surface area contributed by atoms with Crippen molar-refractivity contribution < 1.29 is 14.3 Å². The molecule has 17 heavy (non-hydrogen) atoms. The number of hydrogen-bond acceptors (Lipinski definition) is 4. The number of nitrogens with zero attached hydrogens (tertiary/aromatic N) is 1. The van der Waals surface area contributed by atoms with Gasteiger partial charge in [0.2, 0.25) is 0 Å². The van der Waals surface area contributed by atoms with Crippen LogP contribution in [0.5, 0.6) is 0 Å². The number of carboxylic acids is 1. The van der Waals surface area contributed by atoms with Crippen LogP contribution in [-0.2, 0) is 0 Å². The van der Waals surface area contributed by atoms with E-state index in [9.17, 15) is 9.18 Å². The zero-order valence-corrected chi connectivity index (χ0v) is 10.6. The molecule has 2 N–H and O–H groups in total. The number of nitrogens with one attached hydrogen (secondary N) is 1. The van der Waals surface area contributed by atoms with Crippen molar-refractivity contribution in [3.8, 4) is 0 Å². The maximum absolute atomic E-state index is 13.7. The van der Waals surface area contributed by atoms with Crippen LogP contribution in [0.1, 0.15) is 23.7 Å². The van der Waals surface area contributed by atoms with Crippen molar-refractivity contribution in [2.75, 3.05) is 17.3 Å². The van der Waals surface area contributed by atoms with Gasteiger partial charge in [0, 0.05) is 12.2 Å². The lowest BCUT2D eigenvalue weighted by molar-refractivity contribution is 0.0692. The van der Waals surface area contributed by atoms with Crippen molar-refractivity contribution in [1.82, 2.24) is 4.98 Å². The first-order chi connectivity index (χ1) is 8.06. The van der Waals surface area contributed by atoms with Gasteiger partial charge in [-0.05, 0) is 31.4 Å². The van der Waals surface area contributed by atoms with Crippen LogP contribution in [0.4, 0.5) is 10.2 Å². The Kier molecular flexibility index (Phi) is 5.21. The van der Waals surface area contributed by atoms with Gasteiger partial charge in [0.05, 0.1) is 0 Å². The van der Waals surface area contributed by atoms with E-state index in [1.807, 2.05) is 13.2 Å². The molecule has 1 unspecified atom stereocenters. The van der Waals surface area contributed by atoms with Crippen LogP contribution in [0.25, 0.3) is 0 Å². The predicted molar refractivity (Wildman–Crippen MR) is 67.2 cm³/mol. The molecular weight excluding hydrogens is 243 g/mol. The molecule has 1 heterocycles. The summed E-state index contributed by atoms with van der Waals surface area (Å²) in [5.74, 6) is -1.15. The molecule has 94 valence electrons. The van der Waals surface area contributed by atoms with Crippen molar-refractivity contribution >= 4 is 23.5 Å². The normalized spacial score (nSPS) is 12.2. The molecule has 0 aliphatic carbocycles. The minimum atomic E-state index is -1.29. The quantitative estimate of drug-likeness (QED) is 0.820. The van der Waals surface area contributed by atoms with E-state index in [-0.39, 0.29) is 17.4 Å². The van der Waals surface area contributed by atoms with E-state index in [0.717, 1.165) is 18.2 Å². The highest BCUT2D eigenvalue weighted by Gasteiger charge is 2.16. The van der Waals surface area contributed by atoms with Gasteiger partial charge in [-0.1, -0.05) is 0 Å². The first kappa shape index (κ1) is 13.8. The molecule has 1 rings (SSSR count). The molecule has 0 saturated carbocycles. The minimum Gasteiger partial charge on any atom is -0.478 e. The fourth-order valence-electron chi connectivity index (χ4n) is 1.31. The molecule has 0 radical (unpaired) electrons. The third kappa shape index (κ3) is 3.89. The predicted octanol–water partition coefficient (Wildman–Crippen LogP) is 2.47. The fourth-order valence-corrected chi connectivity index (χ4v) is 1.90. The van der Waals surface area contributed by atoms with E-state index in [2.05, 4.69) is 10.3 Å². The van der Waals surface area contributed by atoms with Gasteiger partial charge in [-0.15, -0.1) is 0 Å². The smallest absolute Gasteiger partial charge is 0.338 e. The number of thioether (sulfide) groups is 1. The molecule has 0 aromatic carbocycles. The highest BCUT2D eigenvalue weighted by atomic mass is 32.2. The summed E-state index contributed by atoms with van der Waals surface area (Å²) < 4.78 is 13.7. The molecule has 6 heteroatoms. The van der Waals surface area contributed by atoms with E-state index in [1.165, 1.54) is 6.20 Å². The van der Waals surface area contributed by atoms with Crippen LogP contribution in [0.15, 0.2) is 12.3 Å². The third-order valence-electron chi connectivity index (χ3n) is 2.26. The van der Waals surface area contributed by atoms with Crippen LogP contribution in [0.3, 0.4) is 0 Å². The number of rotatable bonds is 6. The van der Waals surface area contributed by atoms with Crippen LogP contribution in [0.2, 0.25) is 0 Å². The monoisotopic (exact) mass is 258 g/mol. The summed E-state index contributed by atoms with van der Waals surface area (Å²) in [7, 11) is 0. The minimum absolute atomic E-state index is 0.00139. The van der Waals surface area contributed by atoms with Gasteiger partial charge in [-0.2, -0.15) is 11.8 Å². The van der Waals surface area contributed by atoms with Gasteiger partial charge in [0.25, 0.3) is 0 Å². The number of anilines is 1. The molecule has 1 aromatic rings. The summed E-state index contributed by atoms with van der Waals surface area (Å²) in [4.78, 5) is 14.5. The molecule has 1 aromatic heterocycles. The molecule has 0 bridgehead atoms. The van der Waals surface area contributed by atoms with Crippen molar-refractivity contribution in [2.45, 2.75) is 19.4 Å². The highest BCUT2D eigenvalue weighted by molar-refractivity contribution is 7.98. The van der Waals surface area contributed by atoms with Crippen LogP contribution < -0.4 is 5.32 Å². The zero-order chi connectivity index (χ0) is 12.8. The van der Waals surface area contributed by atoms with Gasteiger partial charge < -0.3 is 10.4 Å². The number of carboxylic acid groups (broad SMARTS) is 1. The molecule has 0 fully saturated rings. The Morgan fingerprint density at radius 3 is 3.00 bits per heavy atom. The first-order valence-corrected chi connectivity index (χ1v) is 6.59. The maximum Gasteiger partial charge on any atom is 0.338 e. The Morgan fingerprint density at radius 2 is 2.41 bits per heavy atom. The Hall–Kier alpha value is -1.30. The standard InChI is InChI=1S/C11H15FN2O2S/c1-7(4-6-17-2)14-10-9(12)8(11(15)16)3-5-13-10/h3,5,7H,4,6H2,1-2H3,(H,13,14)(H,15,16). The van der Waals surface area contributed by atoms with Crippen LogP contribution in [0, 0.1) is 5.82 Å². The summed E-state index contributed by atoms with van der Waals surface area (Å²) >= 11 is 1.70. The first-order valence-electron chi connectivity index (χ1n) is 5.19. The van der Waals surface area contributed by atoms with E-state index in [0.29, 0.717) is 0 Å². The number of hydrogen-bond donors (Lipinski definition) is 2. The highest BCUT2D eigenvalue weighted by Crippen LogP contribution is 2.16. The molecule has 0 saturated heterocycles. The van der Waals surface area contributed by atoms with Gasteiger partial charge in [-0.25, -0.2) is 14.2 Å². The average Bonchev–Trinajstić information content (AvgIpc) is 2.28. The summed E-state index contributed by atoms with van der Waals surface area (Å²) in [6, 6.07) is 1.20. The summed E-state index contributed by atoms with van der Waals surface area (Å²) in [6.45, 7) is 1.91. The van der Waals surface area contributed by atoms with Crippen molar-refractivity contribution in [1.29, 1.82) is 0 Å². The van der Waals surface area contributed by atoms with Crippen LogP contribution in [-0.4, -0.2) is 34.1 Å². The summed E-state index contributed by atoms with van der Waals surface area (Å²) in [5.41, 5.74) is -0.362. The lowest BCUT2D eigenvalue weighted by Crippen LogP contribution is -2.18. The molecule has 0 aliphatic rings. The third-order valence-corrected chi connectivity index (χ3v) is 2.90.